The van der Waals surface area contributed by atoms with Crippen molar-refractivity contribution in [3.63, 3.8) is 0 Å². The number of hydrogen-bond acceptors (Lipinski definition) is 9. The molecule has 0 bridgehead atoms. The summed E-state index contributed by atoms with van der Waals surface area (Å²) in [4.78, 5) is 11.5. The molecule has 0 saturated carbocycles. The first-order valence-corrected chi connectivity index (χ1v) is 5.91. The van der Waals surface area contributed by atoms with Crippen LogP contribution < -0.4 is 11.1 Å². The highest BCUT2D eigenvalue weighted by atomic mass is 32.2. The highest BCUT2D eigenvalue weighted by molar-refractivity contribution is 7.99. The third kappa shape index (κ3) is 3.28. The number of aryl methyl sites for hydroxylation is 1. The molecule has 2 aromatic rings. The van der Waals surface area contributed by atoms with Gasteiger partial charge in [0.2, 0.25) is 17.7 Å². The SMILES string of the molecule is Cc1nnc(NC(=O)CSc2nnc(CN)o2)o1. The van der Waals surface area contributed by atoms with Crippen molar-refractivity contribution in [3.05, 3.63) is 11.8 Å². The minimum Gasteiger partial charge on any atom is -0.415 e. The van der Waals surface area contributed by atoms with Crippen molar-refractivity contribution in [2.45, 2.75) is 18.7 Å². The smallest absolute Gasteiger partial charge is 0.322 e. The van der Waals surface area contributed by atoms with Crippen LogP contribution in [0.2, 0.25) is 0 Å². The zero-order chi connectivity index (χ0) is 13.0. The average molecular weight is 270 g/mol. The molecule has 0 radical (unpaired) electrons. The van der Waals surface area contributed by atoms with Gasteiger partial charge in [-0.25, -0.2) is 0 Å². The van der Waals surface area contributed by atoms with Crippen LogP contribution in [-0.4, -0.2) is 32.1 Å². The topological polar surface area (TPSA) is 133 Å². The van der Waals surface area contributed by atoms with Crippen molar-refractivity contribution in [2.24, 2.45) is 5.73 Å². The molecule has 96 valence electrons. The fourth-order valence-corrected chi connectivity index (χ4v) is 1.59. The van der Waals surface area contributed by atoms with Gasteiger partial charge >= 0.3 is 6.01 Å². The van der Waals surface area contributed by atoms with Gasteiger partial charge in [-0.15, -0.1) is 15.3 Å². The Labute approximate surface area is 106 Å². The van der Waals surface area contributed by atoms with Crippen molar-refractivity contribution in [1.29, 1.82) is 0 Å². The normalized spacial score (nSPS) is 10.6. The molecule has 2 heterocycles. The highest BCUT2D eigenvalue weighted by Crippen LogP contribution is 2.16. The Morgan fingerprint density at radius 1 is 1.33 bits per heavy atom. The number of anilines is 1. The monoisotopic (exact) mass is 270 g/mol. The van der Waals surface area contributed by atoms with Gasteiger partial charge in [0.25, 0.3) is 5.22 Å². The summed E-state index contributed by atoms with van der Waals surface area (Å²) in [6.45, 7) is 1.80. The van der Waals surface area contributed by atoms with E-state index >= 15 is 0 Å². The molecule has 2 rings (SSSR count). The van der Waals surface area contributed by atoms with Crippen molar-refractivity contribution < 1.29 is 13.6 Å². The molecule has 0 aliphatic heterocycles. The molecule has 0 atom stereocenters. The molecule has 0 aromatic carbocycles. The molecular formula is C8H10N6O3S. The number of nitrogens with one attached hydrogen (secondary N) is 1. The van der Waals surface area contributed by atoms with Gasteiger partial charge in [0.15, 0.2) is 0 Å². The molecule has 0 unspecified atom stereocenters. The van der Waals surface area contributed by atoms with E-state index in [2.05, 4.69) is 25.7 Å². The Bertz CT molecular complexity index is 538. The number of rotatable bonds is 5. The lowest BCUT2D eigenvalue weighted by atomic mass is 10.7. The Kier molecular flexibility index (Phi) is 3.89. The lowest BCUT2D eigenvalue weighted by molar-refractivity contribution is -0.113. The predicted octanol–water partition coefficient (Wildman–Crippen LogP) is -0.0495. The Morgan fingerprint density at radius 2 is 2.17 bits per heavy atom. The standard InChI is InChI=1S/C8H10N6O3S/c1-4-11-13-7(16-4)10-5(15)3-18-8-14-12-6(2-9)17-8/h2-3,9H2,1H3,(H,10,13,15). The first-order valence-electron chi connectivity index (χ1n) is 4.92. The fraction of sp³-hybridized carbons (Fsp3) is 0.375. The molecule has 18 heavy (non-hydrogen) atoms. The van der Waals surface area contributed by atoms with Crippen molar-refractivity contribution >= 4 is 23.7 Å². The number of carbonyl (C=O) groups excluding carboxylic acids is 1. The summed E-state index contributed by atoms with van der Waals surface area (Å²) in [5.41, 5.74) is 5.31. The van der Waals surface area contributed by atoms with Gasteiger partial charge in [-0.2, -0.15) is 0 Å². The summed E-state index contributed by atoms with van der Waals surface area (Å²) >= 11 is 1.09. The third-order valence-corrected chi connectivity index (χ3v) is 2.54. The minimum atomic E-state index is -0.309. The summed E-state index contributed by atoms with van der Waals surface area (Å²) < 4.78 is 10.1. The number of carbonyl (C=O) groups is 1. The second-order valence-corrected chi connectivity index (χ2v) is 4.06. The number of thioether (sulfide) groups is 1. The first kappa shape index (κ1) is 12.5. The van der Waals surface area contributed by atoms with Crippen LogP contribution in [0.5, 0.6) is 0 Å². The number of nitrogens with zero attached hydrogens (tertiary/aromatic N) is 4. The van der Waals surface area contributed by atoms with E-state index in [1.807, 2.05) is 0 Å². The molecule has 0 aliphatic carbocycles. The van der Waals surface area contributed by atoms with Crippen LogP contribution in [0.15, 0.2) is 14.1 Å². The molecule has 0 fully saturated rings. The van der Waals surface area contributed by atoms with Crippen molar-refractivity contribution in [1.82, 2.24) is 20.4 Å². The maximum Gasteiger partial charge on any atom is 0.322 e. The van der Waals surface area contributed by atoms with Gasteiger partial charge in [-0.05, 0) is 0 Å². The predicted molar refractivity (Wildman–Crippen MR) is 60.6 cm³/mol. The summed E-state index contributed by atoms with van der Waals surface area (Å²) in [6.07, 6.45) is 0. The van der Waals surface area contributed by atoms with Gasteiger partial charge < -0.3 is 14.6 Å². The van der Waals surface area contributed by atoms with Crippen molar-refractivity contribution in [3.8, 4) is 0 Å². The van der Waals surface area contributed by atoms with Gasteiger partial charge in [-0.1, -0.05) is 16.9 Å². The number of amides is 1. The number of nitrogens with two attached hydrogens (primary N) is 1. The van der Waals surface area contributed by atoms with E-state index in [0.29, 0.717) is 11.8 Å². The van der Waals surface area contributed by atoms with E-state index < -0.39 is 0 Å². The van der Waals surface area contributed by atoms with Gasteiger partial charge in [0, 0.05) is 6.92 Å². The zero-order valence-electron chi connectivity index (χ0n) is 9.41. The van der Waals surface area contributed by atoms with E-state index in [9.17, 15) is 4.79 Å². The molecular weight excluding hydrogens is 260 g/mol. The van der Waals surface area contributed by atoms with Gasteiger partial charge in [-0.3, -0.25) is 10.1 Å². The maximum absolute atomic E-state index is 11.5. The Morgan fingerprint density at radius 3 is 2.78 bits per heavy atom. The van der Waals surface area contributed by atoms with E-state index in [4.69, 9.17) is 14.6 Å². The summed E-state index contributed by atoms with van der Waals surface area (Å²) in [5, 5.41) is 17.3. The molecule has 0 saturated heterocycles. The molecule has 2 aromatic heterocycles. The average Bonchev–Trinajstić information content (AvgIpc) is 2.95. The van der Waals surface area contributed by atoms with Crippen LogP contribution in [0.3, 0.4) is 0 Å². The molecule has 10 heteroatoms. The van der Waals surface area contributed by atoms with Crippen LogP contribution in [-0.2, 0) is 11.3 Å². The maximum atomic E-state index is 11.5. The third-order valence-electron chi connectivity index (χ3n) is 1.72. The van der Waals surface area contributed by atoms with E-state index in [-0.39, 0.29) is 29.4 Å². The van der Waals surface area contributed by atoms with Crippen LogP contribution in [0, 0.1) is 6.92 Å². The van der Waals surface area contributed by atoms with Crippen LogP contribution in [0.25, 0.3) is 0 Å². The molecule has 0 aliphatic rings. The molecule has 9 nitrogen and oxygen atoms in total. The first-order chi connectivity index (χ1) is 8.67. The van der Waals surface area contributed by atoms with Crippen LogP contribution >= 0.6 is 11.8 Å². The Balaban J connectivity index is 1.81. The van der Waals surface area contributed by atoms with E-state index in [1.54, 1.807) is 6.92 Å². The molecule has 3 N–H and O–H groups in total. The largest absolute Gasteiger partial charge is 0.415 e. The minimum absolute atomic E-state index is 0.0614. The van der Waals surface area contributed by atoms with Crippen LogP contribution in [0.4, 0.5) is 6.01 Å². The summed E-state index contributed by atoms with van der Waals surface area (Å²) in [5.74, 6) is 0.484. The zero-order valence-corrected chi connectivity index (χ0v) is 10.2. The summed E-state index contributed by atoms with van der Waals surface area (Å²) in [6, 6.07) is 0.0614. The highest BCUT2D eigenvalue weighted by Gasteiger charge is 2.11. The quantitative estimate of drug-likeness (QED) is 0.717. The van der Waals surface area contributed by atoms with E-state index in [1.165, 1.54) is 0 Å². The van der Waals surface area contributed by atoms with Crippen LogP contribution in [0.1, 0.15) is 11.8 Å². The molecule has 0 spiro atoms. The van der Waals surface area contributed by atoms with Gasteiger partial charge in [0.1, 0.15) is 0 Å². The number of hydrogen-bond donors (Lipinski definition) is 2. The van der Waals surface area contributed by atoms with Gasteiger partial charge in [0.05, 0.1) is 12.3 Å². The fourth-order valence-electron chi connectivity index (χ4n) is 1.01. The van der Waals surface area contributed by atoms with E-state index in [0.717, 1.165) is 11.8 Å². The second kappa shape index (κ2) is 5.60. The lowest BCUT2D eigenvalue weighted by Gasteiger charge is -1.97. The number of aromatic nitrogens is 4. The Hall–Kier alpha value is -1.94. The summed E-state index contributed by atoms with van der Waals surface area (Å²) in [7, 11) is 0. The molecule has 1 amide bonds. The second-order valence-electron chi connectivity index (χ2n) is 3.13. The lowest BCUT2D eigenvalue weighted by Crippen LogP contribution is -2.14. The van der Waals surface area contributed by atoms with Crippen molar-refractivity contribution in [2.75, 3.05) is 11.1 Å².